The topological polar surface area (TPSA) is 28.2 Å². The van der Waals surface area contributed by atoms with E-state index in [0.29, 0.717) is 0 Å². The van der Waals surface area contributed by atoms with Crippen molar-refractivity contribution in [2.24, 2.45) is 0 Å². The van der Waals surface area contributed by atoms with E-state index < -0.39 is 0 Å². The van der Waals surface area contributed by atoms with Gasteiger partial charge in [0.25, 0.3) is 0 Å². The molecule has 1 N–H and O–H groups in total. The predicted octanol–water partition coefficient (Wildman–Crippen LogP) is 2.24. The maximum Gasteiger partial charge on any atom is 0.148 e. The van der Waals surface area contributed by atoms with Gasteiger partial charge in [-0.3, -0.25) is 10.2 Å². The zero-order chi connectivity index (χ0) is 20.1. The molecular weight excluding hydrogens is 336 g/mol. The van der Waals surface area contributed by atoms with Gasteiger partial charge in [-0.2, -0.15) is 10.0 Å². The van der Waals surface area contributed by atoms with Crippen LogP contribution in [0.25, 0.3) is 0 Å². The van der Waals surface area contributed by atoms with Crippen LogP contribution in [0.3, 0.4) is 0 Å². The van der Waals surface area contributed by atoms with Gasteiger partial charge in [0.05, 0.1) is 13.3 Å². The Morgan fingerprint density at radius 1 is 0.630 bits per heavy atom. The summed E-state index contributed by atoms with van der Waals surface area (Å²) in [6.07, 6.45) is 11.5. The monoisotopic (exact) mass is 372 g/mol. The second-order valence-electron chi connectivity index (χ2n) is 6.22. The van der Waals surface area contributed by atoms with Crippen molar-refractivity contribution in [2.75, 3.05) is 52.6 Å². The minimum atomic E-state index is -0.0120. The number of hydrogen-bond acceptors (Lipinski definition) is 6. The van der Waals surface area contributed by atoms with E-state index in [9.17, 15) is 0 Å². The van der Waals surface area contributed by atoms with E-state index in [1.165, 1.54) is 0 Å². The largest absolute Gasteiger partial charge is 0.289 e. The smallest absolute Gasteiger partial charge is 0.148 e. The molecule has 0 amide bonds. The molecule has 1 aliphatic heterocycles. The van der Waals surface area contributed by atoms with Crippen molar-refractivity contribution in [3.8, 4) is 0 Å². The molecule has 0 bridgehead atoms. The minimum Gasteiger partial charge on any atom is -0.289 e. The van der Waals surface area contributed by atoms with Crippen LogP contribution in [0.5, 0.6) is 0 Å². The number of rotatable bonds is 15. The fourth-order valence-corrected chi connectivity index (χ4v) is 3.22. The van der Waals surface area contributed by atoms with Crippen molar-refractivity contribution in [3.05, 3.63) is 75.9 Å². The van der Waals surface area contributed by atoms with E-state index in [2.05, 4.69) is 69.7 Å². The van der Waals surface area contributed by atoms with Crippen LogP contribution < -0.4 is 5.32 Å². The van der Waals surface area contributed by atoms with Crippen molar-refractivity contribution in [1.82, 2.24) is 30.3 Å². The average molecular weight is 373 g/mol. The molecule has 150 valence electrons. The third kappa shape index (κ3) is 6.70. The van der Waals surface area contributed by atoms with Gasteiger partial charge in [-0.15, -0.1) is 39.5 Å². The van der Waals surface area contributed by atoms with Crippen LogP contribution in [0.1, 0.15) is 0 Å². The Hall–Kier alpha value is -1.80. The highest BCUT2D eigenvalue weighted by Gasteiger charge is 2.38. The Morgan fingerprint density at radius 2 is 0.963 bits per heavy atom. The summed E-state index contributed by atoms with van der Waals surface area (Å²) in [5.41, 5.74) is 0. The van der Waals surface area contributed by atoms with Crippen molar-refractivity contribution in [2.45, 2.75) is 6.29 Å². The highest BCUT2D eigenvalue weighted by Crippen LogP contribution is 2.20. The summed E-state index contributed by atoms with van der Waals surface area (Å²) in [7, 11) is 0. The molecule has 0 aromatic rings. The van der Waals surface area contributed by atoms with Crippen LogP contribution in [-0.4, -0.2) is 83.8 Å². The standard InChI is InChI=1S/C21H36N6/c1-7-13-23(14-8-2)21-26(24(15-9-3)16-10-4)19-22-20-27(21)25(17-11-5)18-12-6/h7-12,21-22H,1-6,13-20H2. The van der Waals surface area contributed by atoms with Gasteiger partial charge in [0.15, 0.2) is 0 Å². The summed E-state index contributed by atoms with van der Waals surface area (Å²) in [6, 6.07) is 0. The van der Waals surface area contributed by atoms with Crippen LogP contribution in [0.4, 0.5) is 0 Å². The summed E-state index contributed by atoms with van der Waals surface area (Å²) >= 11 is 0. The lowest BCUT2D eigenvalue weighted by molar-refractivity contribution is -0.248. The third-order valence-electron chi connectivity index (χ3n) is 4.22. The minimum absolute atomic E-state index is 0.0120. The zero-order valence-electron chi connectivity index (χ0n) is 16.7. The lowest BCUT2D eigenvalue weighted by Crippen LogP contribution is -2.73. The first-order chi connectivity index (χ1) is 13.2. The van der Waals surface area contributed by atoms with Gasteiger partial charge in [-0.05, 0) is 0 Å². The van der Waals surface area contributed by atoms with Gasteiger partial charge in [0.2, 0.25) is 0 Å². The first-order valence-electron chi connectivity index (χ1n) is 9.31. The van der Waals surface area contributed by atoms with Crippen LogP contribution in [0.15, 0.2) is 75.9 Å². The zero-order valence-corrected chi connectivity index (χ0v) is 16.7. The normalized spacial score (nSPS) is 16.6. The maximum atomic E-state index is 3.94. The number of hydrogen-bond donors (Lipinski definition) is 1. The summed E-state index contributed by atoms with van der Waals surface area (Å²) < 4.78 is 0. The van der Waals surface area contributed by atoms with Crippen molar-refractivity contribution < 1.29 is 0 Å². The third-order valence-corrected chi connectivity index (χ3v) is 4.22. The van der Waals surface area contributed by atoms with Crippen LogP contribution in [0.2, 0.25) is 0 Å². The molecule has 6 nitrogen and oxygen atoms in total. The summed E-state index contributed by atoms with van der Waals surface area (Å²) in [5.74, 6) is 0. The molecule has 27 heavy (non-hydrogen) atoms. The van der Waals surface area contributed by atoms with Gasteiger partial charge < -0.3 is 0 Å². The molecule has 1 heterocycles. The van der Waals surface area contributed by atoms with Gasteiger partial charge in [-0.25, -0.2) is 10.0 Å². The van der Waals surface area contributed by atoms with Gasteiger partial charge in [0.1, 0.15) is 6.29 Å². The Bertz CT molecular complexity index is 441. The summed E-state index contributed by atoms with van der Waals surface area (Å²) in [4.78, 5) is 2.33. The molecule has 0 unspecified atom stereocenters. The van der Waals surface area contributed by atoms with E-state index in [1.54, 1.807) is 0 Å². The van der Waals surface area contributed by atoms with Crippen molar-refractivity contribution in [1.29, 1.82) is 0 Å². The molecule has 1 aliphatic rings. The molecule has 0 aliphatic carbocycles. The molecule has 1 saturated heterocycles. The van der Waals surface area contributed by atoms with E-state index >= 15 is 0 Å². The fourth-order valence-electron chi connectivity index (χ4n) is 3.22. The second-order valence-corrected chi connectivity index (χ2v) is 6.22. The molecule has 6 heteroatoms. The Labute approximate surface area is 165 Å². The Balaban J connectivity index is 3.31. The quantitative estimate of drug-likeness (QED) is 0.443. The van der Waals surface area contributed by atoms with Crippen LogP contribution >= 0.6 is 0 Å². The molecule has 0 aromatic carbocycles. The molecule has 1 fully saturated rings. The first-order valence-corrected chi connectivity index (χ1v) is 9.31. The average Bonchev–Trinajstić information content (AvgIpc) is 2.67. The molecule has 0 radical (unpaired) electrons. The Morgan fingerprint density at radius 3 is 1.26 bits per heavy atom. The summed E-state index contributed by atoms with van der Waals surface area (Å²) in [5, 5.41) is 12.6. The lowest BCUT2D eigenvalue weighted by atomic mass is 10.4. The SMILES string of the molecule is C=CCN(CC=C)C1N(N(CC=C)CC=C)CNCN1N(CC=C)CC=C. The highest BCUT2D eigenvalue weighted by molar-refractivity contribution is 4.89. The highest BCUT2D eigenvalue weighted by atomic mass is 15.8. The molecule has 0 aromatic heterocycles. The summed E-state index contributed by atoms with van der Waals surface area (Å²) in [6.45, 7) is 29.4. The molecule has 0 atom stereocenters. The molecule has 0 spiro atoms. The lowest BCUT2D eigenvalue weighted by Gasteiger charge is -2.54. The van der Waals surface area contributed by atoms with E-state index in [0.717, 1.165) is 52.6 Å². The fraction of sp³-hybridized carbons (Fsp3) is 0.429. The number of hydrazine groups is 2. The van der Waals surface area contributed by atoms with Gasteiger partial charge in [-0.1, -0.05) is 36.5 Å². The maximum absolute atomic E-state index is 3.94. The first kappa shape index (κ1) is 23.2. The van der Waals surface area contributed by atoms with E-state index in [-0.39, 0.29) is 6.29 Å². The van der Waals surface area contributed by atoms with Crippen molar-refractivity contribution in [3.63, 3.8) is 0 Å². The van der Waals surface area contributed by atoms with Gasteiger partial charge in [0, 0.05) is 39.3 Å². The Kier molecular flexibility index (Phi) is 11.5. The van der Waals surface area contributed by atoms with Crippen molar-refractivity contribution >= 4 is 0 Å². The van der Waals surface area contributed by atoms with E-state index in [4.69, 9.17) is 0 Å². The molecular formula is C21H36N6. The van der Waals surface area contributed by atoms with Crippen LogP contribution in [-0.2, 0) is 0 Å². The number of nitrogens with one attached hydrogen (secondary N) is 1. The number of nitrogens with zero attached hydrogens (tertiary/aromatic N) is 5. The van der Waals surface area contributed by atoms with Gasteiger partial charge >= 0.3 is 0 Å². The van der Waals surface area contributed by atoms with E-state index in [1.807, 2.05) is 36.5 Å². The molecule has 0 saturated carbocycles. The molecule has 1 rings (SSSR count). The second kappa shape index (κ2) is 13.4. The van der Waals surface area contributed by atoms with Crippen LogP contribution in [0, 0.1) is 0 Å². The predicted molar refractivity (Wildman–Crippen MR) is 116 cm³/mol.